The Hall–Kier alpha value is -2.05. The number of hydrogen-bond acceptors (Lipinski definition) is 5. The zero-order chi connectivity index (χ0) is 20.1. The fraction of sp³-hybridized carbons (Fsp3) is 0.762. The molecule has 1 saturated carbocycles. The van der Waals surface area contributed by atoms with Crippen molar-refractivity contribution in [3.63, 3.8) is 0 Å². The first-order valence-corrected chi connectivity index (χ1v) is 10.6. The van der Waals surface area contributed by atoms with Crippen LogP contribution in [-0.4, -0.2) is 40.7 Å². The van der Waals surface area contributed by atoms with E-state index in [1.165, 1.54) is 0 Å². The first-order chi connectivity index (χ1) is 13.4. The van der Waals surface area contributed by atoms with Crippen molar-refractivity contribution in [1.82, 2.24) is 15.4 Å². The van der Waals surface area contributed by atoms with Crippen LogP contribution < -0.4 is 5.32 Å². The number of nitrogens with zero attached hydrogens (tertiary/aromatic N) is 2. The Morgan fingerprint density at radius 3 is 2.71 bits per heavy atom. The second kappa shape index (κ2) is 8.97. The Labute approximate surface area is 167 Å². The third kappa shape index (κ3) is 4.67. The van der Waals surface area contributed by atoms with Gasteiger partial charge in [0.2, 0.25) is 0 Å². The SMILES string of the molecule is CCOC(=O)CC1(NC(=O)N2CCC[C@H]2c2cc(C(C)C)on2)CCCCC1. The quantitative estimate of drug-likeness (QED) is 0.731. The van der Waals surface area contributed by atoms with E-state index in [2.05, 4.69) is 24.3 Å². The Bertz CT molecular complexity index is 679. The van der Waals surface area contributed by atoms with E-state index in [0.717, 1.165) is 56.4 Å². The van der Waals surface area contributed by atoms with E-state index in [1.54, 1.807) is 0 Å². The molecule has 1 aliphatic carbocycles. The summed E-state index contributed by atoms with van der Waals surface area (Å²) in [5.41, 5.74) is 0.321. The number of ether oxygens (including phenoxy) is 1. The van der Waals surface area contributed by atoms with Crippen molar-refractivity contribution in [3.05, 3.63) is 17.5 Å². The molecule has 1 atom stereocenters. The maximum Gasteiger partial charge on any atom is 0.318 e. The molecular formula is C21H33N3O4. The molecule has 0 bridgehead atoms. The summed E-state index contributed by atoms with van der Waals surface area (Å²) in [5, 5.41) is 7.44. The fourth-order valence-electron chi connectivity index (χ4n) is 4.41. The van der Waals surface area contributed by atoms with Gasteiger partial charge >= 0.3 is 12.0 Å². The zero-order valence-electron chi connectivity index (χ0n) is 17.3. The first kappa shape index (κ1) is 20.7. The summed E-state index contributed by atoms with van der Waals surface area (Å²) in [6.07, 6.45) is 6.87. The molecule has 156 valence electrons. The highest BCUT2D eigenvalue weighted by atomic mass is 16.5. The number of likely N-dealkylation sites (tertiary alicyclic amines) is 1. The molecule has 2 heterocycles. The number of aromatic nitrogens is 1. The van der Waals surface area contributed by atoms with Gasteiger partial charge in [0.15, 0.2) is 0 Å². The molecule has 7 nitrogen and oxygen atoms in total. The van der Waals surface area contributed by atoms with Crippen molar-refractivity contribution in [2.45, 2.75) is 89.6 Å². The van der Waals surface area contributed by atoms with Crippen molar-refractivity contribution in [2.24, 2.45) is 0 Å². The molecule has 7 heteroatoms. The number of hydrogen-bond donors (Lipinski definition) is 1. The summed E-state index contributed by atoms with van der Waals surface area (Å²) in [6.45, 7) is 6.98. The molecule has 0 aromatic carbocycles. The number of rotatable bonds is 6. The molecule has 2 amide bonds. The Kier molecular flexibility index (Phi) is 6.62. The highest BCUT2D eigenvalue weighted by Gasteiger charge is 2.40. The Balaban J connectivity index is 1.71. The van der Waals surface area contributed by atoms with Crippen LogP contribution in [0.3, 0.4) is 0 Å². The summed E-state index contributed by atoms with van der Waals surface area (Å²) in [4.78, 5) is 27.2. The highest BCUT2D eigenvalue weighted by Crippen LogP contribution is 2.35. The van der Waals surface area contributed by atoms with Crippen molar-refractivity contribution < 1.29 is 18.8 Å². The molecule has 0 radical (unpaired) electrons. The lowest BCUT2D eigenvalue weighted by atomic mass is 9.79. The summed E-state index contributed by atoms with van der Waals surface area (Å²) in [7, 11) is 0. The summed E-state index contributed by atoms with van der Waals surface area (Å²) < 4.78 is 10.6. The third-order valence-electron chi connectivity index (χ3n) is 5.94. The van der Waals surface area contributed by atoms with Gasteiger partial charge in [-0.3, -0.25) is 4.79 Å². The van der Waals surface area contributed by atoms with Gasteiger partial charge in [-0.15, -0.1) is 0 Å². The van der Waals surface area contributed by atoms with Crippen molar-refractivity contribution in [3.8, 4) is 0 Å². The lowest BCUT2D eigenvalue weighted by Gasteiger charge is -2.39. The van der Waals surface area contributed by atoms with Crippen molar-refractivity contribution in [2.75, 3.05) is 13.2 Å². The van der Waals surface area contributed by atoms with Gasteiger partial charge < -0.3 is 19.5 Å². The molecule has 2 fully saturated rings. The molecule has 1 aliphatic heterocycles. The van der Waals surface area contributed by atoms with Crippen LogP contribution in [0.4, 0.5) is 4.79 Å². The fourth-order valence-corrected chi connectivity index (χ4v) is 4.41. The summed E-state index contributed by atoms with van der Waals surface area (Å²) in [5.74, 6) is 0.870. The largest absolute Gasteiger partial charge is 0.466 e. The van der Waals surface area contributed by atoms with Gasteiger partial charge in [-0.05, 0) is 32.6 Å². The molecule has 0 spiro atoms. The lowest BCUT2D eigenvalue weighted by molar-refractivity contribution is -0.145. The maximum atomic E-state index is 13.2. The summed E-state index contributed by atoms with van der Waals surface area (Å²) in [6, 6.07) is 1.79. The average molecular weight is 392 g/mol. The minimum absolute atomic E-state index is 0.0699. The molecule has 2 aliphatic rings. The monoisotopic (exact) mass is 391 g/mol. The number of nitrogens with one attached hydrogen (secondary N) is 1. The van der Waals surface area contributed by atoms with Crippen LogP contribution in [0.15, 0.2) is 10.6 Å². The van der Waals surface area contributed by atoms with Crippen LogP contribution in [0.5, 0.6) is 0 Å². The van der Waals surface area contributed by atoms with Crippen molar-refractivity contribution in [1.29, 1.82) is 0 Å². The molecule has 1 aromatic rings. The van der Waals surface area contributed by atoms with Crippen LogP contribution in [0, 0.1) is 0 Å². The van der Waals surface area contributed by atoms with Gasteiger partial charge in [-0.2, -0.15) is 0 Å². The van der Waals surface area contributed by atoms with Crippen LogP contribution in [0.25, 0.3) is 0 Å². The molecule has 3 rings (SSSR count). The number of esters is 1. The van der Waals surface area contributed by atoms with Crippen molar-refractivity contribution >= 4 is 12.0 Å². The molecule has 1 aromatic heterocycles. The van der Waals surface area contributed by atoms with E-state index in [0.29, 0.717) is 13.2 Å². The van der Waals surface area contributed by atoms with E-state index in [1.807, 2.05) is 17.9 Å². The van der Waals surface area contributed by atoms with Gasteiger partial charge in [-0.25, -0.2) is 4.79 Å². The normalized spacial score (nSPS) is 21.7. The smallest absolute Gasteiger partial charge is 0.318 e. The number of carbonyl (C=O) groups excluding carboxylic acids is 2. The van der Waals surface area contributed by atoms with Crippen LogP contribution in [0.1, 0.15) is 95.6 Å². The third-order valence-corrected chi connectivity index (χ3v) is 5.94. The van der Waals surface area contributed by atoms with Crippen LogP contribution in [0.2, 0.25) is 0 Å². The zero-order valence-corrected chi connectivity index (χ0v) is 17.3. The first-order valence-electron chi connectivity index (χ1n) is 10.6. The molecular weight excluding hydrogens is 358 g/mol. The van der Waals surface area contributed by atoms with E-state index >= 15 is 0 Å². The van der Waals surface area contributed by atoms with Gasteiger partial charge in [0, 0.05) is 18.5 Å². The van der Waals surface area contributed by atoms with Gasteiger partial charge in [0.1, 0.15) is 11.5 Å². The molecule has 1 saturated heterocycles. The topological polar surface area (TPSA) is 84.7 Å². The number of carbonyl (C=O) groups is 2. The number of amides is 2. The van der Waals surface area contributed by atoms with Gasteiger partial charge in [0.05, 0.1) is 24.6 Å². The second-order valence-electron chi connectivity index (χ2n) is 8.41. The standard InChI is InChI=1S/C21H33N3O4/c1-4-27-19(25)14-21(10-6-5-7-11-21)22-20(26)24-12-8-9-17(24)16-13-18(15(2)3)28-23-16/h13,15,17H,4-12,14H2,1-3H3,(H,22,26)/t17-/m0/s1. The minimum Gasteiger partial charge on any atom is -0.466 e. The minimum atomic E-state index is -0.498. The second-order valence-corrected chi connectivity index (χ2v) is 8.41. The van der Waals surface area contributed by atoms with Gasteiger partial charge in [0.25, 0.3) is 0 Å². The van der Waals surface area contributed by atoms with E-state index in [4.69, 9.17) is 9.26 Å². The van der Waals surface area contributed by atoms with Crippen LogP contribution in [-0.2, 0) is 9.53 Å². The molecule has 28 heavy (non-hydrogen) atoms. The predicted molar refractivity (Wildman–Crippen MR) is 105 cm³/mol. The molecule has 1 N–H and O–H groups in total. The Morgan fingerprint density at radius 1 is 1.32 bits per heavy atom. The lowest BCUT2D eigenvalue weighted by Crippen LogP contribution is -2.55. The van der Waals surface area contributed by atoms with E-state index in [-0.39, 0.29) is 30.4 Å². The Morgan fingerprint density at radius 2 is 2.07 bits per heavy atom. The van der Waals surface area contributed by atoms with Crippen LogP contribution >= 0.6 is 0 Å². The van der Waals surface area contributed by atoms with E-state index < -0.39 is 5.54 Å². The molecule has 0 unspecified atom stereocenters. The predicted octanol–water partition coefficient (Wildman–Crippen LogP) is 4.30. The highest BCUT2D eigenvalue weighted by molar-refractivity contribution is 5.78. The average Bonchev–Trinajstić information content (AvgIpc) is 3.31. The van der Waals surface area contributed by atoms with E-state index in [9.17, 15) is 9.59 Å². The maximum absolute atomic E-state index is 13.2. The number of urea groups is 1. The summed E-state index contributed by atoms with van der Waals surface area (Å²) >= 11 is 0. The van der Waals surface area contributed by atoms with Gasteiger partial charge in [-0.1, -0.05) is 38.3 Å².